The lowest BCUT2D eigenvalue weighted by molar-refractivity contribution is -0.156. The normalized spacial score (nSPS) is 17.4. The van der Waals surface area contributed by atoms with E-state index in [1.807, 2.05) is 5.38 Å². The molecule has 142 valence electrons. The summed E-state index contributed by atoms with van der Waals surface area (Å²) in [5.41, 5.74) is 0. The van der Waals surface area contributed by atoms with Crippen molar-refractivity contribution in [3.8, 4) is 0 Å². The Kier molecular flexibility index (Phi) is 6.08. The van der Waals surface area contributed by atoms with Crippen LogP contribution in [0.5, 0.6) is 0 Å². The molecule has 1 aliphatic rings. The predicted molar refractivity (Wildman–Crippen MR) is 102 cm³/mol. The lowest BCUT2D eigenvalue weighted by Gasteiger charge is -2.24. The second-order valence-corrected chi connectivity index (χ2v) is 7.45. The van der Waals surface area contributed by atoms with Gasteiger partial charge in [0.15, 0.2) is 6.10 Å². The summed E-state index contributed by atoms with van der Waals surface area (Å²) in [5.74, 6) is -0.967. The minimum absolute atomic E-state index is 0.188. The van der Waals surface area contributed by atoms with Gasteiger partial charge in [-0.15, -0.1) is 11.3 Å². The van der Waals surface area contributed by atoms with Crippen LogP contribution in [0.25, 0.3) is 0 Å². The lowest BCUT2D eigenvalue weighted by atomic mass is 10.2. The van der Waals surface area contributed by atoms with E-state index < -0.39 is 24.0 Å². The van der Waals surface area contributed by atoms with Gasteiger partial charge in [-0.3, -0.25) is 9.59 Å². The smallest absolute Gasteiger partial charge is 0.329 e. The first kappa shape index (κ1) is 19.3. The Hall–Kier alpha value is -2.45. The SMILES string of the molecule is C[C@H](OC(=O)[C@@H]1CCCN1C(=O)c1cccs1)C(=O)Nc1ccc(Cl)cn1. The lowest BCUT2D eigenvalue weighted by Crippen LogP contribution is -2.43. The van der Waals surface area contributed by atoms with Crippen LogP contribution in [-0.2, 0) is 14.3 Å². The molecule has 0 bridgehead atoms. The standard InChI is InChI=1S/C18H18ClN3O4S/c1-11(16(23)21-15-7-6-12(19)10-20-15)26-18(25)13-4-2-8-22(13)17(24)14-5-3-9-27-14/h3,5-7,9-11,13H,2,4,8H2,1H3,(H,20,21,23)/t11-,13-/m0/s1. The molecule has 27 heavy (non-hydrogen) atoms. The molecular formula is C18H18ClN3O4S. The zero-order chi connectivity index (χ0) is 19.4. The molecule has 0 radical (unpaired) electrons. The summed E-state index contributed by atoms with van der Waals surface area (Å²) in [6.07, 6.45) is 1.62. The quantitative estimate of drug-likeness (QED) is 0.770. The number of nitrogens with one attached hydrogen (secondary N) is 1. The number of hydrogen-bond acceptors (Lipinski definition) is 6. The maximum Gasteiger partial charge on any atom is 0.329 e. The van der Waals surface area contributed by atoms with Crippen LogP contribution in [0.2, 0.25) is 5.02 Å². The summed E-state index contributed by atoms with van der Waals surface area (Å²) in [4.78, 5) is 43.3. The largest absolute Gasteiger partial charge is 0.451 e. The zero-order valence-electron chi connectivity index (χ0n) is 14.6. The number of halogens is 1. The van der Waals surface area contributed by atoms with Crippen molar-refractivity contribution in [1.29, 1.82) is 0 Å². The van der Waals surface area contributed by atoms with Crippen LogP contribution in [0.4, 0.5) is 5.82 Å². The predicted octanol–water partition coefficient (Wildman–Crippen LogP) is 2.97. The summed E-state index contributed by atoms with van der Waals surface area (Å²) in [7, 11) is 0. The Morgan fingerprint density at radius 3 is 2.85 bits per heavy atom. The third-order valence-corrected chi connectivity index (χ3v) is 5.24. The number of hydrogen-bond donors (Lipinski definition) is 1. The van der Waals surface area contributed by atoms with Crippen molar-refractivity contribution in [1.82, 2.24) is 9.88 Å². The summed E-state index contributed by atoms with van der Waals surface area (Å²) >= 11 is 7.08. The van der Waals surface area contributed by atoms with Crippen LogP contribution >= 0.6 is 22.9 Å². The number of carbonyl (C=O) groups is 3. The highest BCUT2D eigenvalue weighted by Crippen LogP contribution is 2.23. The zero-order valence-corrected chi connectivity index (χ0v) is 16.1. The summed E-state index contributed by atoms with van der Waals surface area (Å²) in [5, 5.41) is 4.82. The Bertz CT molecular complexity index is 826. The molecule has 0 aliphatic carbocycles. The Labute approximate surface area is 165 Å². The first-order valence-corrected chi connectivity index (χ1v) is 9.69. The van der Waals surface area contributed by atoms with E-state index in [4.69, 9.17) is 16.3 Å². The van der Waals surface area contributed by atoms with Crippen LogP contribution in [0.1, 0.15) is 29.4 Å². The number of thiophene rings is 1. The summed E-state index contributed by atoms with van der Waals surface area (Å²) in [6.45, 7) is 1.97. The maximum atomic E-state index is 12.5. The molecule has 1 N–H and O–H groups in total. The molecule has 0 saturated carbocycles. The number of rotatable bonds is 5. The van der Waals surface area contributed by atoms with E-state index in [2.05, 4.69) is 10.3 Å². The van der Waals surface area contributed by atoms with E-state index >= 15 is 0 Å². The van der Waals surface area contributed by atoms with Crippen molar-refractivity contribution in [2.75, 3.05) is 11.9 Å². The fourth-order valence-electron chi connectivity index (χ4n) is 2.78. The van der Waals surface area contributed by atoms with Gasteiger partial charge in [-0.1, -0.05) is 17.7 Å². The third kappa shape index (κ3) is 4.64. The van der Waals surface area contributed by atoms with Gasteiger partial charge in [0.05, 0.1) is 9.90 Å². The number of nitrogens with zero attached hydrogens (tertiary/aromatic N) is 2. The van der Waals surface area contributed by atoms with Gasteiger partial charge in [0.25, 0.3) is 11.8 Å². The van der Waals surface area contributed by atoms with E-state index in [-0.39, 0.29) is 5.91 Å². The molecule has 0 spiro atoms. The van der Waals surface area contributed by atoms with Crippen molar-refractivity contribution in [3.05, 3.63) is 45.7 Å². The van der Waals surface area contributed by atoms with Gasteiger partial charge in [0, 0.05) is 12.7 Å². The Balaban J connectivity index is 1.59. The van der Waals surface area contributed by atoms with Gasteiger partial charge in [-0.05, 0) is 43.3 Å². The average Bonchev–Trinajstić information content (AvgIpc) is 3.34. The van der Waals surface area contributed by atoms with Gasteiger partial charge in [-0.2, -0.15) is 0 Å². The number of esters is 1. The van der Waals surface area contributed by atoms with Crippen LogP contribution in [-0.4, -0.2) is 46.4 Å². The highest BCUT2D eigenvalue weighted by Gasteiger charge is 2.37. The van der Waals surface area contributed by atoms with Crippen molar-refractivity contribution >= 4 is 46.5 Å². The monoisotopic (exact) mass is 407 g/mol. The summed E-state index contributed by atoms with van der Waals surface area (Å²) in [6, 6.07) is 5.98. The first-order chi connectivity index (χ1) is 13.0. The molecule has 1 aliphatic heterocycles. The molecule has 1 fully saturated rings. The number of anilines is 1. The molecule has 0 aromatic carbocycles. The van der Waals surface area contributed by atoms with Crippen molar-refractivity contribution in [3.63, 3.8) is 0 Å². The van der Waals surface area contributed by atoms with Gasteiger partial charge < -0.3 is 15.0 Å². The molecule has 9 heteroatoms. The van der Waals surface area contributed by atoms with E-state index in [0.717, 1.165) is 0 Å². The number of ether oxygens (including phenoxy) is 1. The number of carbonyl (C=O) groups excluding carboxylic acids is 3. The number of likely N-dealkylation sites (tertiary alicyclic amines) is 1. The minimum Gasteiger partial charge on any atom is -0.451 e. The maximum absolute atomic E-state index is 12.5. The molecule has 7 nitrogen and oxygen atoms in total. The highest BCUT2D eigenvalue weighted by atomic mass is 35.5. The number of amides is 2. The molecule has 0 unspecified atom stereocenters. The molecule has 3 rings (SSSR count). The van der Waals surface area contributed by atoms with Crippen molar-refractivity contribution < 1.29 is 19.1 Å². The molecule has 2 aromatic heterocycles. The molecule has 3 heterocycles. The van der Waals surface area contributed by atoms with E-state index in [1.165, 1.54) is 29.4 Å². The Morgan fingerprint density at radius 2 is 2.19 bits per heavy atom. The second-order valence-electron chi connectivity index (χ2n) is 6.06. The van der Waals surface area contributed by atoms with Crippen LogP contribution in [0.3, 0.4) is 0 Å². The summed E-state index contributed by atoms with van der Waals surface area (Å²) < 4.78 is 5.29. The molecule has 1 saturated heterocycles. The molecule has 2 atom stereocenters. The fraction of sp³-hybridized carbons (Fsp3) is 0.333. The minimum atomic E-state index is -1.02. The van der Waals surface area contributed by atoms with Gasteiger partial charge in [0.1, 0.15) is 11.9 Å². The Morgan fingerprint density at radius 1 is 1.37 bits per heavy atom. The van der Waals surface area contributed by atoms with E-state index in [9.17, 15) is 14.4 Å². The second kappa shape index (κ2) is 8.49. The number of aromatic nitrogens is 1. The molecular weight excluding hydrogens is 390 g/mol. The molecule has 2 amide bonds. The molecule has 2 aromatic rings. The van der Waals surface area contributed by atoms with Crippen LogP contribution in [0, 0.1) is 0 Å². The highest BCUT2D eigenvalue weighted by molar-refractivity contribution is 7.12. The van der Waals surface area contributed by atoms with Gasteiger partial charge >= 0.3 is 5.97 Å². The first-order valence-electron chi connectivity index (χ1n) is 8.43. The average molecular weight is 408 g/mol. The van der Waals surface area contributed by atoms with Gasteiger partial charge in [-0.25, -0.2) is 9.78 Å². The topological polar surface area (TPSA) is 88.6 Å². The van der Waals surface area contributed by atoms with Gasteiger partial charge in [0.2, 0.25) is 0 Å². The third-order valence-electron chi connectivity index (χ3n) is 4.16. The van der Waals surface area contributed by atoms with E-state index in [1.54, 1.807) is 24.3 Å². The van der Waals surface area contributed by atoms with E-state index in [0.29, 0.717) is 35.1 Å². The van der Waals surface area contributed by atoms with Crippen LogP contribution < -0.4 is 5.32 Å². The van der Waals surface area contributed by atoms with Crippen molar-refractivity contribution in [2.24, 2.45) is 0 Å². The fourth-order valence-corrected chi connectivity index (χ4v) is 3.57. The van der Waals surface area contributed by atoms with Crippen molar-refractivity contribution in [2.45, 2.75) is 31.9 Å². The number of pyridine rings is 1. The van der Waals surface area contributed by atoms with Crippen LogP contribution in [0.15, 0.2) is 35.8 Å².